The fourth-order valence-corrected chi connectivity index (χ4v) is 2.14. The first-order chi connectivity index (χ1) is 8.65. The number of carbonyl (C=O) groups is 1. The van der Waals surface area contributed by atoms with Crippen LogP contribution in [0.5, 0.6) is 0 Å². The molecule has 94 valence electrons. The molecule has 2 heteroatoms. The third kappa shape index (κ3) is 2.37. The number of hydrogen-bond acceptors (Lipinski definition) is 2. The molecule has 0 spiro atoms. The van der Waals surface area contributed by atoms with Crippen molar-refractivity contribution in [2.75, 3.05) is 0 Å². The molecule has 2 aromatic rings. The van der Waals surface area contributed by atoms with Gasteiger partial charge in [-0.25, -0.2) is 0 Å². The normalized spacial score (nSPS) is 10.6. The molecule has 0 saturated carbocycles. The van der Waals surface area contributed by atoms with E-state index in [-0.39, 0.29) is 5.78 Å². The van der Waals surface area contributed by atoms with E-state index in [1.807, 2.05) is 31.2 Å². The average Bonchev–Trinajstić information content (AvgIpc) is 2.83. The van der Waals surface area contributed by atoms with Crippen molar-refractivity contribution >= 4 is 5.78 Å². The lowest BCUT2D eigenvalue weighted by Crippen LogP contribution is -2.02. The Kier molecular flexibility index (Phi) is 3.66. The Bertz CT molecular complexity index is 564. The minimum absolute atomic E-state index is 0.0412. The van der Waals surface area contributed by atoms with Crippen LogP contribution in [0.15, 0.2) is 34.7 Å². The zero-order chi connectivity index (χ0) is 13.1. The van der Waals surface area contributed by atoms with E-state index in [0.717, 1.165) is 18.6 Å². The summed E-state index contributed by atoms with van der Waals surface area (Å²) in [6.45, 7) is 6.08. The maximum Gasteiger partial charge on any atom is 0.228 e. The Hall–Kier alpha value is -1.83. The van der Waals surface area contributed by atoms with E-state index in [1.165, 1.54) is 11.1 Å². The molecule has 0 aliphatic heterocycles. The van der Waals surface area contributed by atoms with Crippen LogP contribution in [0.1, 0.15) is 46.9 Å². The van der Waals surface area contributed by atoms with Gasteiger partial charge in [-0.1, -0.05) is 26.0 Å². The van der Waals surface area contributed by atoms with Crippen molar-refractivity contribution in [1.82, 2.24) is 0 Å². The Morgan fingerprint density at radius 2 is 1.78 bits per heavy atom. The fraction of sp³-hybridized carbons (Fsp3) is 0.312. The van der Waals surface area contributed by atoms with E-state index in [0.29, 0.717) is 11.3 Å². The molecule has 0 saturated heterocycles. The van der Waals surface area contributed by atoms with E-state index < -0.39 is 0 Å². The molecule has 0 amide bonds. The monoisotopic (exact) mass is 242 g/mol. The molecule has 0 unspecified atom stereocenters. The van der Waals surface area contributed by atoms with Gasteiger partial charge in [0.05, 0.1) is 0 Å². The summed E-state index contributed by atoms with van der Waals surface area (Å²) in [4.78, 5) is 12.2. The average molecular weight is 242 g/mol. The van der Waals surface area contributed by atoms with Crippen LogP contribution in [-0.4, -0.2) is 5.78 Å². The van der Waals surface area contributed by atoms with Crippen LogP contribution in [0.2, 0.25) is 0 Å². The van der Waals surface area contributed by atoms with E-state index >= 15 is 0 Å². The molecule has 18 heavy (non-hydrogen) atoms. The van der Waals surface area contributed by atoms with Crippen LogP contribution in [0.25, 0.3) is 0 Å². The quantitative estimate of drug-likeness (QED) is 0.760. The Balaban J connectivity index is 2.36. The molecular formula is C16H18O2. The van der Waals surface area contributed by atoms with Crippen LogP contribution < -0.4 is 0 Å². The second kappa shape index (κ2) is 5.21. The van der Waals surface area contributed by atoms with Gasteiger partial charge in [-0.2, -0.15) is 0 Å². The van der Waals surface area contributed by atoms with Gasteiger partial charge in [-0.05, 0) is 49.1 Å². The first-order valence-corrected chi connectivity index (χ1v) is 6.38. The van der Waals surface area contributed by atoms with Gasteiger partial charge in [0.1, 0.15) is 5.76 Å². The maximum absolute atomic E-state index is 12.2. The topological polar surface area (TPSA) is 30.2 Å². The van der Waals surface area contributed by atoms with Gasteiger partial charge < -0.3 is 4.42 Å². The van der Waals surface area contributed by atoms with Crippen molar-refractivity contribution < 1.29 is 9.21 Å². The SMILES string of the molecule is CCc1ccc(C(=O)c2ccc(C)o2)cc1CC. The van der Waals surface area contributed by atoms with Crippen molar-refractivity contribution in [2.24, 2.45) is 0 Å². The van der Waals surface area contributed by atoms with Gasteiger partial charge in [-0.3, -0.25) is 4.79 Å². The maximum atomic E-state index is 12.2. The fourth-order valence-electron chi connectivity index (χ4n) is 2.14. The molecule has 0 bridgehead atoms. The summed E-state index contributed by atoms with van der Waals surface area (Å²) < 4.78 is 5.38. The second-order valence-electron chi connectivity index (χ2n) is 4.43. The van der Waals surface area contributed by atoms with Crippen LogP contribution >= 0.6 is 0 Å². The van der Waals surface area contributed by atoms with Crippen molar-refractivity contribution in [3.05, 3.63) is 58.5 Å². The van der Waals surface area contributed by atoms with Crippen molar-refractivity contribution in [1.29, 1.82) is 0 Å². The lowest BCUT2D eigenvalue weighted by Gasteiger charge is -2.07. The highest BCUT2D eigenvalue weighted by atomic mass is 16.3. The third-order valence-corrected chi connectivity index (χ3v) is 3.19. The van der Waals surface area contributed by atoms with Crippen molar-refractivity contribution in [2.45, 2.75) is 33.6 Å². The van der Waals surface area contributed by atoms with E-state index in [4.69, 9.17) is 4.42 Å². The summed E-state index contributed by atoms with van der Waals surface area (Å²) in [5, 5.41) is 0. The molecule has 1 heterocycles. The highest BCUT2D eigenvalue weighted by Crippen LogP contribution is 2.18. The number of hydrogen-bond donors (Lipinski definition) is 0. The summed E-state index contributed by atoms with van der Waals surface area (Å²) in [6.07, 6.45) is 1.94. The number of furan rings is 1. The third-order valence-electron chi connectivity index (χ3n) is 3.19. The van der Waals surface area contributed by atoms with Crippen LogP contribution in [0, 0.1) is 6.92 Å². The van der Waals surface area contributed by atoms with Crippen LogP contribution in [0.4, 0.5) is 0 Å². The summed E-state index contributed by atoms with van der Waals surface area (Å²) in [7, 11) is 0. The van der Waals surface area contributed by atoms with Gasteiger partial charge in [-0.15, -0.1) is 0 Å². The Morgan fingerprint density at radius 1 is 1.06 bits per heavy atom. The standard InChI is InChI=1S/C16H18O2/c1-4-12-7-8-14(10-13(12)5-2)16(17)15-9-6-11(3)18-15/h6-10H,4-5H2,1-3H3. The minimum Gasteiger partial charge on any atom is -0.458 e. The molecule has 0 fully saturated rings. The van der Waals surface area contributed by atoms with E-state index in [1.54, 1.807) is 6.07 Å². The minimum atomic E-state index is -0.0412. The molecule has 0 aliphatic carbocycles. The highest BCUT2D eigenvalue weighted by molar-refractivity contribution is 6.07. The highest BCUT2D eigenvalue weighted by Gasteiger charge is 2.14. The predicted molar refractivity (Wildman–Crippen MR) is 72.1 cm³/mol. The lowest BCUT2D eigenvalue weighted by molar-refractivity contribution is 0.101. The largest absolute Gasteiger partial charge is 0.458 e. The number of aryl methyl sites for hydroxylation is 3. The molecule has 1 aromatic heterocycles. The van der Waals surface area contributed by atoms with Crippen LogP contribution in [0.3, 0.4) is 0 Å². The molecular weight excluding hydrogens is 224 g/mol. The van der Waals surface area contributed by atoms with Crippen molar-refractivity contribution in [3.8, 4) is 0 Å². The van der Waals surface area contributed by atoms with E-state index in [2.05, 4.69) is 13.8 Å². The number of rotatable bonds is 4. The van der Waals surface area contributed by atoms with Crippen LogP contribution in [-0.2, 0) is 12.8 Å². The molecule has 1 aromatic carbocycles. The Labute approximate surface area is 108 Å². The zero-order valence-corrected chi connectivity index (χ0v) is 11.1. The first-order valence-electron chi connectivity index (χ1n) is 6.38. The molecule has 2 rings (SSSR count). The van der Waals surface area contributed by atoms with Gasteiger partial charge >= 0.3 is 0 Å². The lowest BCUT2D eigenvalue weighted by atomic mass is 9.98. The number of ketones is 1. The predicted octanol–water partition coefficient (Wildman–Crippen LogP) is 3.94. The number of carbonyl (C=O) groups excluding carboxylic acids is 1. The number of benzene rings is 1. The Morgan fingerprint density at radius 3 is 2.33 bits per heavy atom. The van der Waals surface area contributed by atoms with Gasteiger partial charge in [0, 0.05) is 5.56 Å². The molecule has 0 aliphatic rings. The van der Waals surface area contributed by atoms with Gasteiger partial charge in [0.2, 0.25) is 5.78 Å². The summed E-state index contributed by atoms with van der Waals surface area (Å²) in [6, 6.07) is 9.46. The van der Waals surface area contributed by atoms with Crippen molar-refractivity contribution in [3.63, 3.8) is 0 Å². The molecule has 2 nitrogen and oxygen atoms in total. The molecule has 0 N–H and O–H groups in total. The molecule has 0 atom stereocenters. The second-order valence-corrected chi connectivity index (χ2v) is 4.43. The summed E-state index contributed by atoms with van der Waals surface area (Å²) >= 11 is 0. The summed E-state index contributed by atoms with van der Waals surface area (Å²) in [5.74, 6) is 1.14. The first kappa shape index (κ1) is 12.6. The summed E-state index contributed by atoms with van der Waals surface area (Å²) in [5.41, 5.74) is 3.26. The van der Waals surface area contributed by atoms with Gasteiger partial charge in [0.25, 0.3) is 0 Å². The smallest absolute Gasteiger partial charge is 0.228 e. The van der Waals surface area contributed by atoms with Gasteiger partial charge in [0.15, 0.2) is 5.76 Å². The molecule has 0 radical (unpaired) electrons. The zero-order valence-electron chi connectivity index (χ0n) is 11.1. The van der Waals surface area contributed by atoms with E-state index in [9.17, 15) is 4.79 Å².